The smallest absolute Gasteiger partial charge is 0.343 e. The van der Waals surface area contributed by atoms with Gasteiger partial charge >= 0.3 is 12.0 Å². The Hall–Kier alpha value is -6.41. The number of aromatic nitrogens is 11. The second-order valence-electron chi connectivity index (χ2n) is 9.57. The lowest BCUT2D eigenvalue weighted by Crippen LogP contribution is -2.14. The fourth-order valence-electron chi connectivity index (χ4n) is 4.14. The topological polar surface area (TPSA) is 264 Å². The van der Waals surface area contributed by atoms with Crippen molar-refractivity contribution in [2.24, 2.45) is 34.6 Å². The fourth-order valence-corrected chi connectivity index (χ4v) is 4.14. The van der Waals surface area contributed by atoms with E-state index in [1.54, 1.807) is 34.9 Å². The zero-order chi connectivity index (χ0) is 33.3. The van der Waals surface area contributed by atoms with Crippen LogP contribution < -0.4 is 16.2 Å². The van der Waals surface area contributed by atoms with Gasteiger partial charge in [-0.1, -0.05) is 0 Å². The molecule has 0 saturated heterocycles. The summed E-state index contributed by atoms with van der Waals surface area (Å²) in [5.74, 6) is -0.425. The number of nitrogens with zero attached hydrogens (tertiary/aromatic N) is 15. The molecule has 0 spiro atoms. The van der Waals surface area contributed by atoms with Crippen LogP contribution in [0, 0.1) is 13.8 Å². The highest BCUT2D eigenvalue weighted by molar-refractivity contribution is 5.98. The Balaban J connectivity index is 1.52. The van der Waals surface area contributed by atoms with Gasteiger partial charge in [-0.2, -0.15) is 44.7 Å². The number of hydrogen-bond donors (Lipinski definition) is 2. The summed E-state index contributed by atoms with van der Waals surface area (Å²) in [5, 5.41) is 33.8. The molecule has 0 fully saturated rings. The molecule has 46 heavy (non-hydrogen) atoms. The lowest BCUT2D eigenvalue weighted by molar-refractivity contribution is 0.0527. The Bertz CT molecular complexity index is 2030. The minimum Gasteiger partial charge on any atom is -0.467 e. The molecule has 21 nitrogen and oxygen atoms in total. The maximum absolute atomic E-state index is 12.3. The number of anilines is 2. The van der Waals surface area contributed by atoms with Crippen LogP contribution in [0.3, 0.4) is 0 Å². The van der Waals surface area contributed by atoms with Crippen LogP contribution >= 0.6 is 0 Å². The van der Waals surface area contributed by atoms with Gasteiger partial charge in [-0.05, 0) is 27.7 Å². The third-order valence-corrected chi connectivity index (χ3v) is 6.46. The number of ether oxygens (including phenoxy) is 2. The number of nitrogen functional groups attached to an aromatic ring is 2. The molecule has 0 radical (unpaired) electrons. The average molecular weight is 632 g/mol. The van der Waals surface area contributed by atoms with Crippen LogP contribution in [-0.2, 0) is 18.8 Å². The predicted molar refractivity (Wildman–Crippen MR) is 160 cm³/mol. The summed E-state index contributed by atoms with van der Waals surface area (Å²) >= 11 is 0. The van der Waals surface area contributed by atoms with E-state index in [1.165, 1.54) is 45.2 Å². The van der Waals surface area contributed by atoms with Gasteiger partial charge in [0.15, 0.2) is 40.4 Å². The third kappa shape index (κ3) is 5.62. The summed E-state index contributed by atoms with van der Waals surface area (Å²) < 4.78 is 15.6. The molecule has 0 aliphatic rings. The number of hydrogen-bond acceptors (Lipinski definition) is 17. The monoisotopic (exact) mass is 631 g/mol. The van der Waals surface area contributed by atoms with Crippen molar-refractivity contribution in [1.82, 2.24) is 54.1 Å². The number of carbonyl (C=O) groups excluding carboxylic acids is 2. The van der Waals surface area contributed by atoms with Crippen LogP contribution in [0.15, 0.2) is 32.9 Å². The van der Waals surface area contributed by atoms with Crippen molar-refractivity contribution in [2.75, 3.05) is 25.2 Å². The van der Waals surface area contributed by atoms with E-state index in [0.29, 0.717) is 17.0 Å². The van der Waals surface area contributed by atoms with Crippen molar-refractivity contribution in [2.45, 2.75) is 27.7 Å². The lowest BCUT2D eigenvalue weighted by Gasteiger charge is -2.08. The summed E-state index contributed by atoms with van der Waals surface area (Å²) in [4.78, 5) is 37.3. The zero-order valence-electron chi connectivity index (χ0n) is 25.9. The first-order valence-corrected chi connectivity index (χ1v) is 13.5. The van der Waals surface area contributed by atoms with E-state index in [-0.39, 0.29) is 70.5 Å². The Kier molecular flexibility index (Phi) is 8.29. The Morgan fingerprint density at radius 1 is 0.804 bits per heavy atom. The van der Waals surface area contributed by atoms with Crippen molar-refractivity contribution in [3.63, 3.8) is 0 Å². The lowest BCUT2D eigenvalue weighted by atomic mass is 10.2. The average Bonchev–Trinajstić information content (AvgIpc) is 3.74. The number of esters is 1. The van der Waals surface area contributed by atoms with Gasteiger partial charge in [-0.15, -0.1) is 20.5 Å². The van der Waals surface area contributed by atoms with Gasteiger partial charge in [-0.3, -0.25) is 4.79 Å². The molecule has 21 heteroatoms. The van der Waals surface area contributed by atoms with E-state index < -0.39 is 5.97 Å². The van der Waals surface area contributed by atoms with Crippen LogP contribution in [0.2, 0.25) is 0 Å². The number of nitrogens with two attached hydrogens (primary N) is 2. The number of Topliss-reactive ketones (excluding diaryl/α,β-unsaturated/α-hetero) is 1. The van der Waals surface area contributed by atoms with Gasteiger partial charge in [0, 0.05) is 14.1 Å². The minimum atomic E-state index is -0.592. The van der Waals surface area contributed by atoms with Gasteiger partial charge in [0.25, 0.3) is 11.9 Å². The summed E-state index contributed by atoms with van der Waals surface area (Å²) in [6, 6.07) is -0.0959. The molecule has 4 N–H and O–H groups in total. The number of methoxy groups -OCH3 is 1. The molecule has 0 saturated carbocycles. The molecule has 0 amide bonds. The first-order valence-electron chi connectivity index (χ1n) is 13.5. The second kappa shape index (κ2) is 12.3. The SMILES string of the molecule is CCOC(=O)c1cnn(C)c1N=Nc1c(C)nn(-c2nc(OC)nc(-n3nc(C)c(N=Nc4c(C(C)=O)cnn4C)c3N)n2)c1N. The molecule has 5 aromatic heterocycles. The molecule has 0 aromatic carbocycles. The molecule has 0 unspecified atom stereocenters. The van der Waals surface area contributed by atoms with Crippen molar-refractivity contribution >= 4 is 46.4 Å². The van der Waals surface area contributed by atoms with Crippen LogP contribution in [0.5, 0.6) is 6.01 Å². The molecular formula is C25H29N17O4. The molecular weight excluding hydrogens is 602 g/mol. The van der Waals surface area contributed by atoms with Crippen LogP contribution in [0.1, 0.15) is 46.0 Å². The van der Waals surface area contributed by atoms with Gasteiger partial charge in [0.05, 0.1) is 43.1 Å². The van der Waals surface area contributed by atoms with Crippen LogP contribution in [-0.4, -0.2) is 79.5 Å². The summed E-state index contributed by atoms with van der Waals surface area (Å²) in [5.41, 5.74) is 14.4. The quantitative estimate of drug-likeness (QED) is 0.128. The van der Waals surface area contributed by atoms with E-state index in [0.717, 1.165) is 0 Å². The van der Waals surface area contributed by atoms with Gasteiger partial charge < -0.3 is 20.9 Å². The highest BCUT2D eigenvalue weighted by atomic mass is 16.5. The van der Waals surface area contributed by atoms with E-state index in [4.69, 9.17) is 20.9 Å². The van der Waals surface area contributed by atoms with E-state index in [1.807, 2.05) is 0 Å². The number of azo groups is 2. The highest BCUT2D eigenvalue weighted by Crippen LogP contribution is 2.33. The van der Waals surface area contributed by atoms with Crippen LogP contribution in [0.4, 0.5) is 34.6 Å². The maximum Gasteiger partial charge on any atom is 0.343 e. The molecule has 0 aliphatic heterocycles. The van der Waals surface area contributed by atoms with E-state index >= 15 is 0 Å². The summed E-state index contributed by atoms with van der Waals surface area (Å²) in [6.07, 6.45) is 2.74. The van der Waals surface area contributed by atoms with Crippen molar-refractivity contribution in [3.8, 4) is 17.9 Å². The zero-order valence-corrected chi connectivity index (χ0v) is 25.9. The van der Waals surface area contributed by atoms with Gasteiger partial charge in [0.2, 0.25) is 0 Å². The minimum absolute atomic E-state index is 0.0249. The molecule has 5 heterocycles. The standard InChI is InChI=1S/C25H29N17O4/c1-8-46-22(44)15-10-29-40(6)21(15)36-34-17-12(3)38-42(19(17)27)24-30-23(31-25(32-24)45-7)41-18(26)16(11(2)37-41)33-35-20-14(13(4)43)9-28-39(20)5/h9-10H,8,26-27H2,1-7H3. The van der Waals surface area contributed by atoms with Gasteiger partial charge in [0.1, 0.15) is 5.56 Å². The fraction of sp³-hybridized carbons (Fsp3) is 0.320. The second-order valence-corrected chi connectivity index (χ2v) is 9.57. The normalized spacial score (nSPS) is 11.6. The number of carbonyl (C=O) groups is 2. The first kappa shape index (κ1) is 31.0. The first-order chi connectivity index (χ1) is 21.9. The summed E-state index contributed by atoms with van der Waals surface area (Å²) in [6.45, 7) is 6.60. The number of aryl methyl sites for hydroxylation is 4. The van der Waals surface area contributed by atoms with Crippen molar-refractivity contribution in [3.05, 3.63) is 34.9 Å². The molecule has 5 rings (SSSR count). The van der Waals surface area contributed by atoms with Crippen molar-refractivity contribution in [1.29, 1.82) is 0 Å². The molecule has 0 aliphatic carbocycles. The number of ketones is 1. The highest BCUT2D eigenvalue weighted by Gasteiger charge is 2.23. The molecule has 238 valence electrons. The maximum atomic E-state index is 12.3. The molecule has 0 bridgehead atoms. The largest absolute Gasteiger partial charge is 0.467 e. The summed E-state index contributed by atoms with van der Waals surface area (Å²) in [7, 11) is 4.61. The van der Waals surface area contributed by atoms with Crippen molar-refractivity contribution < 1.29 is 19.1 Å². The Morgan fingerprint density at radius 2 is 1.28 bits per heavy atom. The Labute approximate surface area is 260 Å². The number of rotatable bonds is 10. The van der Waals surface area contributed by atoms with Gasteiger partial charge in [-0.25, -0.2) is 14.2 Å². The molecule has 5 aromatic rings. The van der Waals surface area contributed by atoms with E-state index in [9.17, 15) is 9.59 Å². The third-order valence-electron chi connectivity index (χ3n) is 6.46. The Morgan fingerprint density at radius 3 is 1.74 bits per heavy atom. The van der Waals surface area contributed by atoms with E-state index in [2.05, 4.69) is 55.8 Å². The van der Waals surface area contributed by atoms with Crippen LogP contribution in [0.25, 0.3) is 11.9 Å². The molecule has 0 atom stereocenters. The predicted octanol–water partition coefficient (Wildman–Crippen LogP) is 2.71.